The lowest BCUT2D eigenvalue weighted by Crippen LogP contribution is -2.36. The van der Waals surface area contributed by atoms with Crippen molar-refractivity contribution in [3.05, 3.63) is 34.4 Å². The second-order valence-corrected chi connectivity index (χ2v) is 7.58. The van der Waals surface area contributed by atoms with Gasteiger partial charge < -0.3 is 9.47 Å². The summed E-state index contributed by atoms with van der Waals surface area (Å²) in [7, 11) is 0. The van der Waals surface area contributed by atoms with Gasteiger partial charge in [0.15, 0.2) is 18.2 Å². The Kier molecular flexibility index (Phi) is 6.98. The molecule has 1 aromatic carbocycles. The number of esters is 2. The third-order valence-corrected chi connectivity index (χ3v) is 5.11. The van der Waals surface area contributed by atoms with Gasteiger partial charge in [-0.2, -0.15) is 0 Å². The molecule has 0 amide bonds. The molecule has 0 heterocycles. The summed E-state index contributed by atoms with van der Waals surface area (Å²) in [6.07, 6.45) is 2.65. The highest BCUT2D eigenvalue weighted by atomic mass is 35.5. The summed E-state index contributed by atoms with van der Waals surface area (Å²) in [6.45, 7) is 5.69. The van der Waals surface area contributed by atoms with Gasteiger partial charge in [-0.3, -0.25) is 0 Å². The molecule has 1 aromatic rings. The lowest BCUT2D eigenvalue weighted by Gasteiger charge is -2.36. The van der Waals surface area contributed by atoms with Gasteiger partial charge in [0.25, 0.3) is 0 Å². The third kappa shape index (κ3) is 5.16. The summed E-state index contributed by atoms with van der Waals surface area (Å²) < 4.78 is 36.6. The molecule has 0 unspecified atom stereocenters. The molecule has 4 nitrogen and oxygen atoms in total. The molecule has 0 radical (unpaired) electrons. The quantitative estimate of drug-likeness (QED) is 0.538. The predicted octanol–water partition coefficient (Wildman–Crippen LogP) is 4.78. The third-order valence-electron chi connectivity index (χ3n) is 4.80. The molecular weight excluding hydrogens is 366 g/mol. The van der Waals surface area contributed by atoms with Crippen LogP contribution in [-0.2, 0) is 14.3 Å². The number of halogens is 3. The fourth-order valence-corrected chi connectivity index (χ4v) is 3.56. The van der Waals surface area contributed by atoms with Crippen LogP contribution in [0.3, 0.4) is 0 Å². The summed E-state index contributed by atoms with van der Waals surface area (Å²) in [6, 6.07) is 1.32. The molecule has 0 N–H and O–H groups in total. The molecule has 0 spiro atoms. The predicted molar refractivity (Wildman–Crippen MR) is 92.9 cm³/mol. The topological polar surface area (TPSA) is 52.6 Å². The molecule has 144 valence electrons. The van der Waals surface area contributed by atoms with Crippen molar-refractivity contribution in [3.8, 4) is 0 Å². The van der Waals surface area contributed by atoms with E-state index in [0.717, 1.165) is 19.3 Å². The zero-order chi connectivity index (χ0) is 19.4. The molecule has 1 saturated carbocycles. The van der Waals surface area contributed by atoms with Crippen molar-refractivity contribution in [3.63, 3.8) is 0 Å². The van der Waals surface area contributed by atoms with Crippen LogP contribution in [-0.4, -0.2) is 24.6 Å². The average Bonchev–Trinajstić information content (AvgIpc) is 2.55. The van der Waals surface area contributed by atoms with Gasteiger partial charge in [0.05, 0.1) is 10.6 Å². The van der Waals surface area contributed by atoms with Crippen LogP contribution in [0.5, 0.6) is 0 Å². The van der Waals surface area contributed by atoms with Gasteiger partial charge in [-0.05, 0) is 42.7 Å². The Bertz CT molecular complexity index is 678. The van der Waals surface area contributed by atoms with Crippen LogP contribution in [0.25, 0.3) is 0 Å². The highest BCUT2D eigenvalue weighted by Crippen LogP contribution is 2.35. The van der Waals surface area contributed by atoms with E-state index in [0.29, 0.717) is 24.0 Å². The summed E-state index contributed by atoms with van der Waals surface area (Å²) >= 11 is 5.71. The van der Waals surface area contributed by atoms with E-state index in [4.69, 9.17) is 21.1 Å². The summed E-state index contributed by atoms with van der Waals surface area (Å²) in [5.74, 6) is -2.95. The first kappa shape index (κ1) is 20.6. The standard InChI is InChI=1S/C19H23ClF2O4/c1-10(2)12-5-4-11(3)6-17(12)26-18(23)9-25-19(24)13-7-15(21)16(22)8-14(13)20/h7-8,10-12,17H,4-6,9H2,1-3H3/t11-,12-,17-/m1/s1. The SMILES string of the molecule is CC(C)[C@H]1CC[C@@H](C)C[C@H]1OC(=O)COC(=O)c1cc(F)c(F)cc1Cl. The Hall–Kier alpha value is -1.69. The number of rotatable bonds is 5. The van der Waals surface area contributed by atoms with Gasteiger partial charge in [0.2, 0.25) is 0 Å². The number of benzene rings is 1. The molecule has 3 atom stereocenters. The first-order valence-corrected chi connectivity index (χ1v) is 9.08. The molecule has 2 rings (SSSR count). The Morgan fingerprint density at radius 1 is 1.23 bits per heavy atom. The second kappa shape index (κ2) is 8.80. The molecule has 0 aromatic heterocycles. The molecule has 0 saturated heterocycles. The minimum atomic E-state index is -1.22. The van der Waals surface area contributed by atoms with Gasteiger partial charge in [0, 0.05) is 0 Å². The minimum Gasteiger partial charge on any atom is -0.460 e. The lowest BCUT2D eigenvalue weighted by molar-refractivity contribution is -0.159. The van der Waals surface area contributed by atoms with E-state index in [1.54, 1.807) is 0 Å². The maximum absolute atomic E-state index is 13.2. The smallest absolute Gasteiger partial charge is 0.344 e. The number of hydrogen-bond acceptors (Lipinski definition) is 4. The maximum atomic E-state index is 13.2. The molecule has 1 aliphatic rings. The first-order valence-electron chi connectivity index (χ1n) is 8.70. The van der Waals surface area contributed by atoms with Crippen molar-refractivity contribution in [2.45, 2.75) is 46.1 Å². The highest BCUT2D eigenvalue weighted by molar-refractivity contribution is 6.33. The van der Waals surface area contributed by atoms with E-state index < -0.39 is 30.2 Å². The van der Waals surface area contributed by atoms with Crippen LogP contribution < -0.4 is 0 Å². The molecule has 0 bridgehead atoms. The van der Waals surface area contributed by atoms with Crippen LogP contribution in [0.2, 0.25) is 5.02 Å². The van der Waals surface area contributed by atoms with E-state index in [9.17, 15) is 18.4 Å². The maximum Gasteiger partial charge on any atom is 0.344 e. The second-order valence-electron chi connectivity index (χ2n) is 7.18. The fourth-order valence-electron chi connectivity index (χ4n) is 3.33. The van der Waals surface area contributed by atoms with Crippen molar-refractivity contribution >= 4 is 23.5 Å². The monoisotopic (exact) mass is 388 g/mol. The van der Waals surface area contributed by atoms with E-state index in [1.165, 1.54) is 0 Å². The van der Waals surface area contributed by atoms with Crippen LogP contribution in [0.4, 0.5) is 8.78 Å². The Morgan fingerprint density at radius 2 is 1.88 bits per heavy atom. The van der Waals surface area contributed by atoms with E-state index in [-0.39, 0.29) is 22.6 Å². The minimum absolute atomic E-state index is 0.211. The van der Waals surface area contributed by atoms with Crippen molar-refractivity contribution in [2.24, 2.45) is 17.8 Å². The number of carbonyl (C=O) groups is 2. The van der Waals surface area contributed by atoms with Crippen molar-refractivity contribution in [1.29, 1.82) is 0 Å². The number of hydrogen-bond donors (Lipinski definition) is 0. The summed E-state index contributed by atoms with van der Waals surface area (Å²) in [5.41, 5.74) is -0.343. The molecule has 26 heavy (non-hydrogen) atoms. The normalized spacial score (nSPS) is 23.0. The van der Waals surface area contributed by atoms with Crippen molar-refractivity contribution < 1.29 is 27.8 Å². The largest absolute Gasteiger partial charge is 0.460 e. The van der Waals surface area contributed by atoms with E-state index >= 15 is 0 Å². The number of carbonyl (C=O) groups excluding carboxylic acids is 2. The van der Waals surface area contributed by atoms with Crippen LogP contribution >= 0.6 is 11.6 Å². The van der Waals surface area contributed by atoms with Gasteiger partial charge in [-0.15, -0.1) is 0 Å². The summed E-state index contributed by atoms with van der Waals surface area (Å²) in [4.78, 5) is 24.0. The van der Waals surface area contributed by atoms with Gasteiger partial charge in [-0.1, -0.05) is 38.8 Å². The molecule has 7 heteroatoms. The van der Waals surface area contributed by atoms with Crippen molar-refractivity contribution in [1.82, 2.24) is 0 Å². The fraction of sp³-hybridized carbons (Fsp3) is 0.579. The zero-order valence-electron chi connectivity index (χ0n) is 15.1. The molecule has 0 aliphatic heterocycles. The van der Waals surface area contributed by atoms with Crippen LogP contribution in [0.1, 0.15) is 50.4 Å². The van der Waals surface area contributed by atoms with Crippen LogP contribution in [0, 0.1) is 29.4 Å². The molecule has 1 aliphatic carbocycles. The first-order chi connectivity index (χ1) is 12.2. The zero-order valence-corrected chi connectivity index (χ0v) is 15.8. The average molecular weight is 389 g/mol. The van der Waals surface area contributed by atoms with Gasteiger partial charge in [0.1, 0.15) is 6.10 Å². The van der Waals surface area contributed by atoms with Gasteiger partial charge in [-0.25, -0.2) is 18.4 Å². The van der Waals surface area contributed by atoms with E-state index in [1.807, 2.05) is 0 Å². The molecular formula is C19H23ClF2O4. The van der Waals surface area contributed by atoms with Crippen molar-refractivity contribution in [2.75, 3.05) is 6.61 Å². The molecule has 1 fully saturated rings. The Labute approximate surface area is 156 Å². The van der Waals surface area contributed by atoms with Crippen LogP contribution in [0.15, 0.2) is 12.1 Å². The Morgan fingerprint density at radius 3 is 2.54 bits per heavy atom. The number of ether oxygens (including phenoxy) is 2. The van der Waals surface area contributed by atoms with Gasteiger partial charge >= 0.3 is 11.9 Å². The highest BCUT2D eigenvalue weighted by Gasteiger charge is 2.33. The Balaban J connectivity index is 1.93. The summed E-state index contributed by atoms with van der Waals surface area (Å²) in [5, 5.41) is -0.289. The lowest BCUT2D eigenvalue weighted by atomic mass is 9.75. The van der Waals surface area contributed by atoms with E-state index in [2.05, 4.69) is 20.8 Å².